The van der Waals surface area contributed by atoms with Crippen LogP contribution >= 0.6 is 0 Å². The lowest BCUT2D eigenvalue weighted by molar-refractivity contribution is -0.130. The number of aliphatic imine (C=N–C) groups is 1. The molecule has 0 amide bonds. The maximum absolute atomic E-state index is 12.4. The number of unbranched alkanes of at least 4 members (excludes halogenated alkanes) is 2. The lowest BCUT2D eigenvalue weighted by Gasteiger charge is -2.20. The number of rotatable bonds is 6. The molecule has 1 aromatic carbocycles. The Morgan fingerprint density at radius 3 is 2.70 bits per heavy atom. The van der Waals surface area contributed by atoms with Crippen molar-refractivity contribution in [3.05, 3.63) is 35.9 Å². The molecule has 1 heterocycles. The number of carbonyl (C=O) groups is 2. The molecule has 1 aromatic rings. The molecule has 0 fully saturated rings. The van der Waals surface area contributed by atoms with E-state index in [1.165, 1.54) is 0 Å². The van der Waals surface area contributed by atoms with Gasteiger partial charge in [0.25, 0.3) is 0 Å². The predicted molar refractivity (Wildman–Crippen MR) is 80.1 cm³/mol. The minimum Gasteiger partial charge on any atom is -0.299 e. The molecular weight excluding hydrogens is 250 g/mol. The van der Waals surface area contributed by atoms with Crippen LogP contribution < -0.4 is 0 Å². The normalized spacial score (nSPS) is 18.8. The van der Waals surface area contributed by atoms with E-state index in [9.17, 15) is 9.59 Å². The molecule has 0 saturated carbocycles. The van der Waals surface area contributed by atoms with Crippen molar-refractivity contribution in [1.29, 1.82) is 0 Å². The molecule has 0 N–H and O–H groups in total. The van der Waals surface area contributed by atoms with Crippen molar-refractivity contribution in [3.63, 3.8) is 0 Å². The van der Waals surface area contributed by atoms with Gasteiger partial charge in [0, 0.05) is 18.5 Å². The molecule has 0 aliphatic carbocycles. The summed E-state index contributed by atoms with van der Waals surface area (Å²) < 4.78 is 0. The number of benzene rings is 1. The van der Waals surface area contributed by atoms with Gasteiger partial charge >= 0.3 is 0 Å². The third kappa shape index (κ3) is 3.41. The third-order valence-corrected chi connectivity index (χ3v) is 3.70. The monoisotopic (exact) mass is 271 g/mol. The van der Waals surface area contributed by atoms with Gasteiger partial charge in [0.2, 0.25) is 0 Å². The van der Waals surface area contributed by atoms with Gasteiger partial charge in [0.15, 0.2) is 5.78 Å². The van der Waals surface area contributed by atoms with E-state index in [-0.39, 0.29) is 11.6 Å². The first-order valence-corrected chi connectivity index (χ1v) is 7.41. The van der Waals surface area contributed by atoms with Crippen LogP contribution in [0.1, 0.15) is 44.6 Å². The van der Waals surface area contributed by atoms with Gasteiger partial charge in [-0.3, -0.25) is 14.6 Å². The fourth-order valence-electron chi connectivity index (χ4n) is 2.54. The minimum atomic E-state index is -0.473. The molecule has 3 heteroatoms. The SMILES string of the molecule is CCCCCC(=O)C1CCN=C(c2ccccc2)C1=O. The summed E-state index contributed by atoms with van der Waals surface area (Å²) in [6, 6.07) is 9.43. The summed E-state index contributed by atoms with van der Waals surface area (Å²) in [5.41, 5.74) is 1.30. The van der Waals surface area contributed by atoms with Gasteiger partial charge < -0.3 is 0 Å². The molecule has 2 rings (SSSR count). The second-order valence-corrected chi connectivity index (χ2v) is 5.23. The van der Waals surface area contributed by atoms with Crippen molar-refractivity contribution >= 4 is 17.3 Å². The van der Waals surface area contributed by atoms with Crippen molar-refractivity contribution in [2.75, 3.05) is 6.54 Å². The van der Waals surface area contributed by atoms with Gasteiger partial charge in [-0.1, -0.05) is 50.1 Å². The Bertz CT molecular complexity index is 505. The fourth-order valence-corrected chi connectivity index (χ4v) is 2.54. The van der Waals surface area contributed by atoms with Crippen LogP contribution in [0.2, 0.25) is 0 Å². The van der Waals surface area contributed by atoms with E-state index < -0.39 is 5.92 Å². The summed E-state index contributed by atoms with van der Waals surface area (Å²) in [4.78, 5) is 29.0. The Kier molecular flexibility index (Phi) is 5.22. The van der Waals surface area contributed by atoms with E-state index in [2.05, 4.69) is 11.9 Å². The molecule has 0 radical (unpaired) electrons. The summed E-state index contributed by atoms with van der Waals surface area (Å²) in [6.07, 6.45) is 4.11. The average molecular weight is 271 g/mol. The molecule has 0 aromatic heterocycles. The maximum atomic E-state index is 12.4. The zero-order chi connectivity index (χ0) is 14.4. The van der Waals surface area contributed by atoms with E-state index in [0.717, 1.165) is 24.8 Å². The van der Waals surface area contributed by atoms with Crippen LogP contribution in [0, 0.1) is 5.92 Å². The summed E-state index contributed by atoms with van der Waals surface area (Å²) in [6.45, 7) is 2.68. The highest BCUT2D eigenvalue weighted by atomic mass is 16.2. The highest BCUT2D eigenvalue weighted by molar-refractivity contribution is 6.49. The number of ketones is 2. The number of hydrogen-bond acceptors (Lipinski definition) is 3. The molecule has 0 spiro atoms. The predicted octanol–water partition coefficient (Wildman–Crippen LogP) is 3.21. The number of Topliss-reactive ketones (excluding diaryl/α,β-unsaturated/α-hetero) is 2. The molecule has 20 heavy (non-hydrogen) atoms. The summed E-state index contributed by atoms with van der Waals surface area (Å²) >= 11 is 0. The Balaban J connectivity index is 2.06. The smallest absolute Gasteiger partial charge is 0.191 e. The summed E-state index contributed by atoms with van der Waals surface area (Å²) in [5, 5.41) is 0. The van der Waals surface area contributed by atoms with Crippen molar-refractivity contribution in [2.24, 2.45) is 10.9 Å². The second-order valence-electron chi connectivity index (χ2n) is 5.23. The Hall–Kier alpha value is -1.77. The number of nitrogens with zero attached hydrogens (tertiary/aromatic N) is 1. The first kappa shape index (κ1) is 14.6. The van der Waals surface area contributed by atoms with Crippen LogP contribution in [0.5, 0.6) is 0 Å². The van der Waals surface area contributed by atoms with Gasteiger partial charge in [-0.2, -0.15) is 0 Å². The van der Waals surface area contributed by atoms with Crippen molar-refractivity contribution in [1.82, 2.24) is 0 Å². The zero-order valence-electron chi connectivity index (χ0n) is 12.0. The van der Waals surface area contributed by atoms with Crippen LogP contribution in [0.3, 0.4) is 0 Å². The van der Waals surface area contributed by atoms with E-state index in [1.54, 1.807) is 0 Å². The zero-order valence-corrected chi connectivity index (χ0v) is 12.0. The van der Waals surface area contributed by atoms with Crippen molar-refractivity contribution in [2.45, 2.75) is 39.0 Å². The Labute approximate surface area is 120 Å². The average Bonchev–Trinajstić information content (AvgIpc) is 2.48. The molecule has 0 bridgehead atoms. The van der Waals surface area contributed by atoms with Crippen LogP contribution in [-0.2, 0) is 9.59 Å². The van der Waals surface area contributed by atoms with Crippen LogP contribution in [0.25, 0.3) is 0 Å². The van der Waals surface area contributed by atoms with Gasteiger partial charge in [-0.25, -0.2) is 0 Å². The first-order chi connectivity index (χ1) is 9.74. The van der Waals surface area contributed by atoms with Gasteiger partial charge in [-0.15, -0.1) is 0 Å². The molecular formula is C17H21NO2. The lowest BCUT2D eigenvalue weighted by atomic mass is 9.86. The Morgan fingerprint density at radius 2 is 2.00 bits per heavy atom. The third-order valence-electron chi connectivity index (χ3n) is 3.70. The topological polar surface area (TPSA) is 46.5 Å². The fraction of sp³-hybridized carbons (Fsp3) is 0.471. The van der Waals surface area contributed by atoms with E-state index in [0.29, 0.717) is 25.1 Å². The molecule has 3 nitrogen and oxygen atoms in total. The minimum absolute atomic E-state index is 0.0896. The number of hydrogen-bond donors (Lipinski definition) is 0. The van der Waals surface area contributed by atoms with E-state index in [1.807, 2.05) is 30.3 Å². The molecule has 1 aliphatic rings. The molecule has 0 saturated heterocycles. The van der Waals surface area contributed by atoms with Gasteiger partial charge in [0.1, 0.15) is 11.5 Å². The highest BCUT2D eigenvalue weighted by Crippen LogP contribution is 2.19. The standard InChI is InChI=1S/C17H21NO2/c1-2-3-5-10-15(19)14-11-12-18-16(17(14)20)13-8-6-4-7-9-13/h4,6-9,14H,2-3,5,10-12H2,1H3. The molecule has 1 unspecified atom stereocenters. The highest BCUT2D eigenvalue weighted by Gasteiger charge is 2.32. The van der Waals surface area contributed by atoms with E-state index in [4.69, 9.17) is 0 Å². The van der Waals surface area contributed by atoms with Gasteiger partial charge in [-0.05, 0) is 12.8 Å². The maximum Gasteiger partial charge on any atom is 0.191 e. The van der Waals surface area contributed by atoms with Crippen molar-refractivity contribution < 1.29 is 9.59 Å². The number of carbonyl (C=O) groups excluding carboxylic acids is 2. The molecule has 1 atom stereocenters. The first-order valence-electron chi connectivity index (χ1n) is 7.41. The summed E-state index contributed by atoms with van der Waals surface area (Å²) in [5.74, 6) is -0.477. The van der Waals surface area contributed by atoms with Crippen LogP contribution in [0.4, 0.5) is 0 Å². The quantitative estimate of drug-likeness (QED) is 0.589. The Morgan fingerprint density at radius 1 is 1.25 bits per heavy atom. The van der Waals surface area contributed by atoms with E-state index >= 15 is 0 Å². The second kappa shape index (κ2) is 7.13. The lowest BCUT2D eigenvalue weighted by Crippen LogP contribution is -2.35. The van der Waals surface area contributed by atoms with Gasteiger partial charge in [0.05, 0.1) is 5.92 Å². The van der Waals surface area contributed by atoms with Crippen LogP contribution in [-0.4, -0.2) is 23.8 Å². The molecule has 1 aliphatic heterocycles. The summed E-state index contributed by atoms with van der Waals surface area (Å²) in [7, 11) is 0. The molecule has 106 valence electrons. The van der Waals surface area contributed by atoms with Crippen molar-refractivity contribution in [3.8, 4) is 0 Å². The largest absolute Gasteiger partial charge is 0.299 e. The van der Waals surface area contributed by atoms with Crippen LogP contribution in [0.15, 0.2) is 35.3 Å².